The highest BCUT2D eigenvalue weighted by molar-refractivity contribution is 6.30. The van der Waals surface area contributed by atoms with Crippen LogP contribution in [0.2, 0.25) is 5.02 Å². The average molecular weight is 311 g/mol. The van der Waals surface area contributed by atoms with Crippen LogP contribution in [-0.4, -0.2) is 48.4 Å². The van der Waals surface area contributed by atoms with Crippen molar-refractivity contribution >= 4 is 11.6 Å². The number of hydrogen-bond acceptors (Lipinski definition) is 4. The van der Waals surface area contributed by atoms with Crippen LogP contribution in [-0.2, 0) is 16.0 Å². The Kier molecular flexibility index (Phi) is 4.79. The van der Waals surface area contributed by atoms with Gasteiger partial charge in [-0.3, -0.25) is 9.88 Å². The summed E-state index contributed by atoms with van der Waals surface area (Å²) in [5.41, 5.74) is 1.01. The fourth-order valence-corrected chi connectivity index (χ4v) is 3.63. The molecule has 0 amide bonds. The molecule has 116 valence electrons. The van der Waals surface area contributed by atoms with Gasteiger partial charge in [-0.2, -0.15) is 0 Å². The summed E-state index contributed by atoms with van der Waals surface area (Å²) in [7, 11) is 1.81. The van der Waals surface area contributed by atoms with Gasteiger partial charge in [0.2, 0.25) is 0 Å². The Bertz CT molecular complexity index is 458. The van der Waals surface area contributed by atoms with Crippen molar-refractivity contribution in [3.05, 3.63) is 29.0 Å². The summed E-state index contributed by atoms with van der Waals surface area (Å²) in [5, 5.41) is 0.690. The smallest absolute Gasteiger partial charge is 0.0967 e. The molecule has 1 aromatic heterocycles. The van der Waals surface area contributed by atoms with Gasteiger partial charge in [0.1, 0.15) is 0 Å². The summed E-state index contributed by atoms with van der Waals surface area (Å²) in [6.07, 6.45) is 6.28. The standard InChI is InChI=1S/C16H23ClN2O2/c1-20-15-3-2-10-21-16(15)6-8-19(9-7-16)12-14-5-4-13(17)11-18-14/h4-5,11,15H,2-3,6-10,12H2,1H3/t15-/m0/s1. The maximum absolute atomic E-state index is 6.14. The Morgan fingerprint density at radius 3 is 2.90 bits per heavy atom. The van der Waals surface area contributed by atoms with Crippen molar-refractivity contribution in [2.75, 3.05) is 26.8 Å². The van der Waals surface area contributed by atoms with Gasteiger partial charge in [-0.15, -0.1) is 0 Å². The fraction of sp³-hybridized carbons (Fsp3) is 0.688. The molecule has 0 saturated carbocycles. The number of likely N-dealkylation sites (tertiary alicyclic amines) is 1. The van der Waals surface area contributed by atoms with E-state index >= 15 is 0 Å². The zero-order valence-corrected chi connectivity index (χ0v) is 13.3. The molecule has 1 atom stereocenters. The molecular formula is C16H23ClN2O2. The molecule has 0 radical (unpaired) electrons. The molecule has 2 aliphatic rings. The minimum atomic E-state index is -0.0586. The highest BCUT2D eigenvalue weighted by Gasteiger charge is 2.44. The lowest BCUT2D eigenvalue weighted by molar-refractivity contribution is -0.186. The lowest BCUT2D eigenvalue weighted by Crippen LogP contribution is -2.55. The maximum Gasteiger partial charge on any atom is 0.0967 e. The quantitative estimate of drug-likeness (QED) is 0.860. The normalized spacial score (nSPS) is 26.1. The van der Waals surface area contributed by atoms with Gasteiger partial charge in [-0.25, -0.2) is 0 Å². The first-order chi connectivity index (χ1) is 10.2. The van der Waals surface area contributed by atoms with E-state index in [4.69, 9.17) is 21.1 Å². The third-order valence-corrected chi connectivity index (χ3v) is 4.97. The largest absolute Gasteiger partial charge is 0.378 e. The molecule has 1 spiro atoms. The van der Waals surface area contributed by atoms with E-state index in [1.807, 2.05) is 19.2 Å². The Hall–Kier alpha value is -0.680. The third-order valence-electron chi connectivity index (χ3n) is 4.75. The van der Waals surface area contributed by atoms with Gasteiger partial charge in [-0.1, -0.05) is 11.6 Å². The molecule has 0 aliphatic carbocycles. The van der Waals surface area contributed by atoms with Crippen LogP contribution in [0.5, 0.6) is 0 Å². The number of nitrogens with zero attached hydrogens (tertiary/aromatic N) is 2. The predicted molar refractivity (Wildman–Crippen MR) is 82.5 cm³/mol. The number of ether oxygens (including phenoxy) is 2. The number of piperidine rings is 1. The van der Waals surface area contributed by atoms with Gasteiger partial charge in [0, 0.05) is 39.5 Å². The third kappa shape index (κ3) is 3.39. The summed E-state index contributed by atoms with van der Waals surface area (Å²) in [4.78, 5) is 6.81. The van der Waals surface area contributed by atoms with Crippen molar-refractivity contribution in [3.63, 3.8) is 0 Å². The zero-order valence-electron chi connectivity index (χ0n) is 12.6. The lowest BCUT2D eigenvalue weighted by Gasteiger charge is -2.48. The van der Waals surface area contributed by atoms with E-state index < -0.39 is 0 Å². The van der Waals surface area contributed by atoms with Gasteiger partial charge >= 0.3 is 0 Å². The summed E-state index contributed by atoms with van der Waals surface area (Å²) in [6, 6.07) is 3.91. The van der Waals surface area contributed by atoms with Crippen LogP contribution in [0.4, 0.5) is 0 Å². The van der Waals surface area contributed by atoms with Crippen molar-refractivity contribution in [1.29, 1.82) is 0 Å². The molecule has 0 unspecified atom stereocenters. The summed E-state index contributed by atoms with van der Waals surface area (Å²) in [5.74, 6) is 0. The van der Waals surface area contributed by atoms with E-state index in [1.165, 1.54) is 0 Å². The van der Waals surface area contributed by atoms with E-state index in [0.29, 0.717) is 5.02 Å². The Labute approximate surface area is 131 Å². The number of hydrogen-bond donors (Lipinski definition) is 0. The summed E-state index contributed by atoms with van der Waals surface area (Å²) >= 11 is 5.88. The monoisotopic (exact) mass is 310 g/mol. The first-order valence-electron chi connectivity index (χ1n) is 7.71. The number of pyridine rings is 1. The highest BCUT2D eigenvalue weighted by Crippen LogP contribution is 2.37. The molecule has 2 aliphatic heterocycles. The average Bonchev–Trinajstić information content (AvgIpc) is 2.52. The van der Waals surface area contributed by atoms with Crippen LogP contribution in [0.25, 0.3) is 0 Å². The molecule has 4 nitrogen and oxygen atoms in total. The van der Waals surface area contributed by atoms with Gasteiger partial charge < -0.3 is 9.47 Å². The molecule has 3 heterocycles. The summed E-state index contributed by atoms with van der Waals surface area (Å²) in [6.45, 7) is 3.82. The zero-order chi connectivity index (χ0) is 14.7. The second-order valence-corrected chi connectivity index (χ2v) is 6.46. The number of rotatable bonds is 3. The van der Waals surface area contributed by atoms with Crippen molar-refractivity contribution in [2.45, 2.75) is 43.9 Å². The lowest BCUT2D eigenvalue weighted by atomic mass is 9.82. The van der Waals surface area contributed by atoms with Crippen LogP contribution >= 0.6 is 11.6 Å². The predicted octanol–water partition coefficient (Wildman–Crippen LogP) is 2.90. The van der Waals surface area contributed by atoms with Gasteiger partial charge in [0.05, 0.1) is 22.4 Å². The van der Waals surface area contributed by atoms with Gasteiger partial charge in [0.15, 0.2) is 0 Å². The maximum atomic E-state index is 6.14. The molecule has 21 heavy (non-hydrogen) atoms. The Balaban J connectivity index is 1.58. The first-order valence-corrected chi connectivity index (χ1v) is 8.09. The van der Waals surface area contributed by atoms with Crippen LogP contribution in [0.3, 0.4) is 0 Å². The van der Waals surface area contributed by atoms with E-state index in [0.717, 1.165) is 57.6 Å². The molecule has 0 aromatic carbocycles. The van der Waals surface area contributed by atoms with Crippen LogP contribution < -0.4 is 0 Å². The van der Waals surface area contributed by atoms with Crippen LogP contribution in [0.1, 0.15) is 31.4 Å². The number of halogens is 1. The van der Waals surface area contributed by atoms with Crippen LogP contribution in [0.15, 0.2) is 18.3 Å². The van der Waals surface area contributed by atoms with Crippen molar-refractivity contribution in [1.82, 2.24) is 9.88 Å². The summed E-state index contributed by atoms with van der Waals surface area (Å²) < 4.78 is 11.8. The molecule has 2 saturated heterocycles. The Morgan fingerprint density at radius 2 is 2.24 bits per heavy atom. The van der Waals surface area contributed by atoms with E-state index in [9.17, 15) is 0 Å². The van der Waals surface area contributed by atoms with Gasteiger partial charge in [0.25, 0.3) is 0 Å². The van der Waals surface area contributed by atoms with Crippen molar-refractivity contribution in [3.8, 4) is 0 Å². The molecule has 0 bridgehead atoms. The number of aromatic nitrogens is 1. The minimum absolute atomic E-state index is 0.0586. The van der Waals surface area contributed by atoms with Crippen molar-refractivity contribution < 1.29 is 9.47 Å². The van der Waals surface area contributed by atoms with Crippen molar-refractivity contribution in [2.24, 2.45) is 0 Å². The number of methoxy groups -OCH3 is 1. The van der Waals surface area contributed by atoms with E-state index in [1.54, 1.807) is 6.20 Å². The molecule has 1 aromatic rings. The fourth-order valence-electron chi connectivity index (χ4n) is 3.52. The minimum Gasteiger partial charge on any atom is -0.378 e. The topological polar surface area (TPSA) is 34.6 Å². The SMILES string of the molecule is CO[C@H]1CCCOC12CCN(Cc1ccc(Cl)cn1)CC2. The van der Waals surface area contributed by atoms with E-state index in [-0.39, 0.29) is 11.7 Å². The second kappa shape index (κ2) is 6.61. The molecule has 0 N–H and O–H groups in total. The van der Waals surface area contributed by atoms with Crippen LogP contribution in [0, 0.1) is 0 Å². The second-order valence-electron chi connectivity index (χ2n) is 6.02. The molecule has 5 heteroatoms. The first kappa shape index (κ1) is 15.2. The Morgan fingerprint density at radius 1 is 1.43 bits per heavy atom. The van der Waals surface area contributed by atoms with Gasteiger partial charge in [-0.05, 0) is 37.8 Å². The highest BCUT2D eigenvalue weighted by atomic mass is 35.5. The molecular weight excluding hydrogens is 288 g/mol. The van der Waals surface area contributed by atoms with E-state index in [2.05, 4.69) is 9.88 Å². The molecule has 3 rings (SSSR count). The molecule has 2 fully saturated rings.